The topological polar surface area (TPSA) is 63.1 Å². The maximum atomic E-state index is 10.1. The monoisotopic (exact) mass is 331 g/mol. The van der Waals surface area contributed by atoms with Crippen molar-refractivity contribution in [1.29, 1.82) is 0 Å². The highest BCUT2D eigenvalue weighted by molar-refractivity contribution is 7.99. The smallest absolute Gasteiger partial charge is 0.168 e. The number of hydrogen-bond donors (Lipinski definition) is 2. The molecule has 3 rings (SSSR count). The van der Waals surface area contributed by atoms with Crippen LogP contribution in [0.4, 0.5) is 0 Å². The molecule has 1 unspecified atom stereocenters. The number of ether oxygens (including phenoxy) is 1. The number of H-pyrrole nitrogens is 1. The Kier molecular flexibility index (Phi) is 4.93. The Labute approximate surface area is 139 Å². The van der Waals surface area contributed by atoms with Crippen LogP contribution in [0.3, 0.4) is 0 Å². The lowest BCUT2D eigenvalue weighted by Crippen LogP contribution is -2.20. The van der Waals surface area contributed by atoms with Crippen LogP contribution in [-0.2, 0) is 0 Å². The quantitative estimate of drug-likeness (QED) is 0.651. The van der Waals surface area contributed by atoms with Crippen molar-refractivity contribution in [2.24, 2.45) is 0 Å². The molecule has 122 valence electrons. The van der Waals surface area contributed by atoms with Crippen LogP contribution in [0.5, 0.6) is 5.75 Å². The molecule has 1 atom stereocenters. The lowest BCUT2D eigenvalue weighted by atomic mass is 10.2. The predicted molar refractivity (Wildman–Crippen MR) is 93.1 cm³/mol. The third kappa shape index (κ3) is 3.89. The summed E-state index contributed by atoms with van der Waals surface area (Å²) in [4.78, 5) is 7.48. The Bertz CT molecular complexity index is 766. The fraction of sp³-hybridized carbons (Fsp3) is 0.353. The summed E-state index contributed by atoms with van der Waals surface area (Å²) < 4.78 is 7.78. The molecule has 0 saturated heterocycles. The van der Waals surface area contributed by atoms with Crippen molar-refractivity contribution in [2.45, 2.75) is 31.1 Å². The normalized spacial score (nSPS) is 12.9. The first-order valence-corrected chi connectivity index (χ1v) is 8.65. The number of aliphatic hydroxyl groups is 1. The number of nitrogens with one attached hydrogen (secondary N) is 1. The minimum Gasteiger partial charge on any atom is -0.491 e. The second kappa shape index (κ2) is 7.10. The van der Waals surface area contributed by atoms with Gasteiger partial charge in [-0.2, -0.15) is 0 Å². The summed E-state index contributed by atoms with van der Waals surface area (Å²) in [6.45, 7) is 4.49. The van der Waals surface area contributed by atoms with E-state index < -0.39 is 6.10 Å². The lowest BCUT2D eigenvalue weighted by molar-refractivity contribution is 0.126. The van der Waals surface area contributed by atoms with Crippen molar-refractivity contribution in [2.75, 3.05) is 12.4 Å². The standard InChI is InChI=1S/C17H21N3O2S/c1-12(2)20-8-7-19-17(20)23-11-14(21)10-22-15-4-3-13-5-6-18-16(13)9-15/h3-9,12,14,18,21H,10-11H2,1-2H3. The van der Waals surface area contributed by atoms with Gasteiger partial charge in [0.25, 0.3) is 0 Å². The number of hydrogen-bond acceptors (Lipinski definition) is 4. The van der Waals surface area contributed by atoms with E-state index in [0.29, 0.717) is 11.8 Å². The molecule has 2 aromatic heterocycles. The fourth-order valence-corrected chi connectivity index (χ4v) is 3.33. The van der Waals surface area contributed by atoms with E-state index in [9.17, 15) is 5.11 Å². The summed E-state index contributed by atoms with van der Waals surface area (Å²) in [7, 11) is 0. The molecule has 5 nitrogen and oxygen atoms in total. The van der Waals surface area contributed by atoms with E-state index in [2.05, 4.69) is 28.4 Å². The van der Waals surface area contributed by atoms with Crippen LogP contribution < -0.4 is 4.74 Å². The molecule has 2 heterocycles. The average Bonchev–Trinajstić information content (AvgIpc) is 3.18. The second-order valence-electron chi connectivity index (χ2n) is 5.71. The molecule has 6 heteroatoms. The summed E-state index contributed by atoms with van der Waals surface area (Å²) in [5.41, 5.74) is 1.03. The lowest BCUT2D eigenvalue weighted by Gasteiger charge is -2.14. The van der Waals surface area contributed by atoms with E-state index in [-0.39, 0.29) is 6.61 Å². The highest BCUT2D eigenvalue weighted by Crippen LogP contribution is 2.22. The summed E-state index contributed by atoms with van der Waals surface area (Å²) >= 11 is 1.54. The van der Waals surface area contributed by atoms with Gasteiger partial charge in [-0.15, -0.1) is 0 Å². The Balaban J connectivity index is 1.51. The number of fused-ring (bicyclic) bond motifs is 1. The van der Waals surface area contributed by atoms with E-state index in [1.165, 1.54) is 0 Å². The van der Waals surface area contributed by atoms with Gasteiger partial charge in [0, 0.05) is 42.0 Å². The van der Waals surface area contributed by atoms with E-state index in [1.54, 1.807) is 18.0 Å². The van der Waals surface area contributed by atoms with Gasteiger partial charge in [0.05, 0.1) is 6.10 Å². The molecular formula is C17H21N3O2S. The zero-order chi connectivity index (χ0) is 16.2. The van der Waals surface area contributed by atoms with Crippen molar-refractivity contribution in [1.82, 2.24) is 14.5 Å². The van der Waals surface area contributed by atoms with Crippen molar-refractivity contribution >= 4 is 22.7 Å². The minimum atomic E-state index is -0.545. The molecular weight excluding hydrogens is 310 g/mol. The molecule has 0 bridgehead atoms. The number of benzene rings is 1. The van der Waals surface area contributed by atoms with Crippen LogP contribution >= 0.6 is 11.8 Å². The van der Waals surface area contributed by atoms with Gasteiger partial charge in [0.1, 0.15) is 12.4 Å². The van der Waals surface area contributed by atoms with Gasteiger partial charge in [0.2, 0.25) is 0 Å². The van der Waals surface area contributed by atoms with Crippen LogP contribution in [0.25, 0.3) is 10.9 Å². The molecule has 0 aliphatic carbocycles. The number of rotatable bonds is 7. The Morgan fingerprint density at radius 1 is 1.35 bits per heavy atom. The van der Waals surface area contributed by atoms with E-state index in [1.807, 2.05) is 36.7 Å². The van der Waals surface area contributed by atoms with Crippen LogP contribution in [0.15, 0.2) is 48.0 Å². The Hall–Kier alpha value is -1.92. The van der Waals surface area contributed by atoms with Gasteiger partial charge in [-0.05, 0) is 37.4 Å². The van der Waals surface area contributed by atoms with Gasteiger partial charge in [0.15, 0.2) is 5.16 Å². The third-order valence-corrected chi connectivity index (χ3v) is 4.69. The van der Waals surface area contributed by atoms with Gasteiger partial charge in [-0.3, -0.25) is 0 Å². The van der Waals surface area contributed by atoms with Gasteiger partial charge in [-0.25, -0.2) is 4.98 Å². The molecule has 3 aromatic rings. The van der Waals surface area contributed by atoms with Crippen LogP contribution in [0.1, 0.15) is 19.9 Å². The maximum absolute atomic E-state index is 10.1. The molecule has 0 aliphatic heterocycles. The Morgan fingerprint density at radius 2 is 2.22 bits per heavy atom. The number of thioether (sulfide) groups is 1. The van der Waals surface area contributed by atoms with Crippen molar-refractivity contribution in [3.05, 3.63) is 42.9 Å². The summed E-state index contributed by atoms with van der Waals surface area (Å²) in [5, 5.41) is 12.2. The summed E-state index contributed by atoms with van der Waals surface area (Å²) in [6, 6.07) is 8.24. The first-order valence-electron chi connectivity index (χ1n) is 7.67. The molecule has 0 fully saturated rings. The fourth-order valence-electron chi connectivity index (χ4n) is 2.33. The zero-order valence-corrected chi connectivity index (χ0v) is 14.1. The number of aromatic nitrogens is 3. The molecule has 0 spiro atoms. The van der Waals surface area contributed by atoms with E-state index in [0.717, 1.165) is 21.8 Å². The molecule has 23 heavy (non-hydrogen) atoms. The molecule has 0 radical (unpaired) electrons. The van der Waals surface area contributed by atoms with E-state index >= 15 is 0 Å². The maximum Gasteiger partial charge on any atom is 0.168 e. The number of nitrogens with zero attached hydrogens (tertiary/aromatic N) is 2. The molecule has 0 aliphatic rings. The summed E-state index contributed by atoms with van der Waals surface area (Å²) in [5.74, 6) is 1.31. The highest BCUT2D eigenvalue weighted by Gasteiger charge is 2.11. The van der Waals surface area contributed by atoms with Crippen molar-refractivity contribution < 1.29 is 9.84 Å². The van der Waals surface area contributed by atoms with Crippen LogP contribution in [-0.4, -0.2) is 38.1 Å². The summed E-state index contributed by atoms with van der Waals surface area (Å²) in [6.07, 6.45) is 5.10. The van der Waals surface area contributed by atoms with E-state index in [4.69, 9.17) is 4.74 Å². The number of imidazole rings is 1. The highest BCUT2D eigenvalue weighted by atomic mass is 32.2. The first kappa shape index (κ1) is 16.0. The molecule has 0 saturated carbocycles. The zero-order valence-electron chi connectivity index (χ0n) is 13.3. The minimum absolute atomic E-state index is 0.265. The Morgan fingerprint density at radius 3 is 3.04 bits per heavy atom. The number of aliphatic hydroxyl groups excluding tert-OH is 1. The average molecular weight is 331 g/mol. The van der Waals surface area contributed by atoms with Crippen molar-refractivity contribution in [3.63, 3.8) is 0 Å². The third-order valence-electron chi connectivity index (χ3n) is 3.56. The number of aromatic amines is 1. The molecule has 1 aromatic carbocycles. The van der Waals surface area contributed by atoms with Crippen LogP contribution in [0.2, 0.25) is 0 Å². The largest absolute Gasteiger partial charge is 0.491 e. The van der Waals surface area contributed by atoms with Crippen LogP contribution in [0, 0.1) is 0 Å². The van der Waals surface area contributed by atoms with Gasteiger partial charge >= 0.3 is 0 Å². The molecule has 2 N–H and O–H groups in total. The first-order chi connectivity index (χ1) is 11.1. The predicted octanol–water partition coefficient (Wildman–Crippen LogP) is 3.48. The molecule has 0 amide bonds. The van der Waals surface area contributed by atoms with Gasteiger partial charge in [-0.1, -0.05) is 11.8 Å². The van der Waals surface area contributed by atoms with Crippen molar-refractivity contribution in [3.8, 4) is 5.75 Å². The second-order valence-corrected chi connectivity index (χ2v) is 6.70. The SMILES string of the molecule is CC(C)n1ccnc1SCC(O)COc1ccc2cc[nH]c2c1. The van der Waals surface area contributed by atoms with Gasteiger partial charge < -0.3 is 19.4 Å².